The zero-order chi connectivity index (χ0) is 21.8. The van der Waals surface area contributed by atoms with E-state index in [0.29, 0.717) is 0 Å². The van der Waals surface area contributed by atoms with Crippen LogP contribution in [0.2, 0.25) is 0 Å². The molecule has 1 aliphatic heterocycles. The summed E-state index contributed by atoms with van der Waals surface area (Å²) in [5.41, 5.74) is 0. The minimum absolute atomic E-state index is 0.475. The Balaban J connectivity index is 3.20. The Hall–Kier alpha value is -2.28. The monoisotopic (exact) mass is 405 g/mol. The second-order valence-corrected chi connectivity index (χ2v) is 6.87. The third-order valence-electron chi connectivity index (χ3n) is 4.29. The third kappa shape index (κ3) is 5.86. The standard InChI is InChI=1S/C16H27N3O9/c1-6(17-8(3)21)14(24)19-11(7(2)20)13-12(18-9(4)22)10(23)5-16(27,28-13)15(25)26/h6-7,10-13,20,23,27H,5H2,1-4H3,(H,17,21)(H,18,22)(H,19,24)(H,25,26)/t6-,7-,10+,11-,12-,13+,16+/m1/s1. The number of ether oxygens (including phenoxy) is 1. The van der Waals surface area contributed by atoms with Crippen molar-refractivity contribution >= 4 is 23.7 Å². The van der Waals surface area contributed by atoms with Gasteiger partial charge in [0.15, 0.2) is 0 Å². The van der Waals surface area contributed by atoms with Crippen molar-refractivity contribution in [2.75, 3.05) is 0 Å². The summed E-state index contributed by atoms with van der Waals surface area (Å²) < 4.78 is 5.22. The Bertz CT molecular complexity index is 626. The number of carboxylic acids is 1. The van der Waals surface area contributed by atoms with Crippen LogP contribution in [0, 0.1) is 0 Å². The van der Waals surface area contributed by atoms with Crippen molar-refractivity contribution in [2.24, 2.45) is 0 Å². The first-order valence-corrected chi connectivity index (χ1v) is 8.62. The number of hydrogen-bond donors (Lipinski definition) is 7. The van der Waals surface area contributed by atoms with Crippen LogP contribution in [-0.2, 0) is 23.9 Å². The van der Waals surface area contributed by atoms with Crippen molar-refractivity contribution in [3.05, 3.63) is 0 Å². The summed E-state index contributed by atoms with van der Waals surface area (Å²) in [6, 6.07) is -3.56. The smallest absolute Gasteiger partial charge is 0.364 e. The van der Waals surface area contributed by atoms with Crippen LogP contribution in [0.1, 0.15) is 34.1 Å². The predicted octanol–water partition coefficient (Wildman–Crippen LogP) is -3.20. The average molecular weight is 405 g/mol. The predicted molar refractivity (Wildman–Crippen MR) is 92.6 cm³/mol. The quantitative estimate of drug-likeness (QED) is 0.228. The highest BCUT2D eigenvalue weighted by Gasteiger charge is 2.54. The summed E-state index contributed by atoms with van der Waals surface area (Å²) in [6.07, 6.45) is -5.12. The maximum atomic E-state index is 12.3. The van der Waals surface area contributed by atoms with E-state index in [9.17, 15) is 39.6 Å². The van der Waals surface area contributed by atoms with Gasteiger partial charge < -0.3 is 41.1 Å². The zero-order valence-corrected chi connectivity index (χ0v) is 16.0. The molecule has 1 heterocycles. The molecule has 0 aliphatic carbocycles. The van der Waals surface area contributed by atoms with Gasteiger partial charge in [-0.1, -0.05) is 0 Å². The van der Waals surface area contributed by atoms with E-state index in [1.807, 2.05) is 0 Å². The highest BCUT2D eigenvalue weighted by Crippen LogP contribution is 2.30. The zero-order valence-electron chi connectivity index (χ0n) is 16.0. The van der Waals surface area contributed by atoms with E-state index in [1.54, 1.807) is 0 Å². The van der Waals surface area contributed by atoms with Gasteiger partial charge in [0.2, 0.25) is 17.7 Å². The minimum Gasteiger partial charge on any atom is -0.477 e. The van der Waals surface area contributed by atoms with E-state index in [4.69, 9.17) is 4.74 Å². The molecule has 0 radical (unpaired) electrons. The molecule has 0 aromatic heterocycles. The molecule has 0 saturated carbocycles. The number of amides is 3. The van der Waals surface area contributed by atoms with E-state index in [0.717, 1.165) is 6.92 Å². The van der Waals surface area contributed by atoms with Crippen LogP contribution in [0.25, 0.3) is 0 Å². The first-order chi connectivity index (χ1) is 12.8. The summed E-state index contributed by atoms with van der Waals surface area (Å²) >= 11 is 0. The maximum Gasteiger partial charge on any atom is 0.364 e. The molecule has 1 saturated heterocycles. The van der Waals surface area contributed by atoms with Crippen LogP contribution in [-0.4, -0.2) is 86.3 Å². The van der Waals surface area contributed by atoms with Crippen molar-refractivity contribution < 1.29 is 44.3 Å². The summed E-state index contributed by atoms with van der Waals surface area (Å²) in [6.45, 7) is 5.00. The number of hydrogen-bond acceptors (Lipinski definition) is 8. The number of carboxylic acid groups (broad SMARTS) is 1. The first-order valence-electron chi connectivity index (χ1n) is 8.62. The van der Waals surface area contributed by atoms with Crippen LogP contribution in [0.15, 0.2) is 0 Å². The molecule has 160 valence electrons. The van der Waals surface area contributed by atoms with E-state index in [2.05, 4.69) is 16.0 Å². The van der Waals surface area contributed by atoms with Crippen LogP contribution < -0.4 is 16.0 Å². The number of aliphatic hydroxyl groups excluding tert-OH is 2. The van der Waals surface area contributed by atoms with Crippen molar-refractivity contribution in [1.82, 2.24) is 16.0 Å². The number of carbonyl (C=O) groups is 4. The van der Waals surface area contributed by atoms with Gasteiger partial charge in [0.25, 0.3) is 5.79 Å². The Kier molecular flexibility index (Phi) is 7.87. The summed E-state index contributed by atoms with van der Waals surface area (Å²) in [5, 5.41) is 46.9. The van der Waals surface area contributed by atoms with Gasteiger partial charge in [0.1, 0.15) is 12.1 Å². The molecule has 1 rings (SSSR count). The summed E-state index contributed by atoms with van der Waals surface area (Å²) in [5.74, 6) is -6.36. The van der Waals surface area contributed by atoms with Crippen LogP contribution in [0.3, 0.4) is 0 Å². The highest BCUT2D eigenvalue weighted by molar-refractivity contribution is 5.86. The lowest BCUT2D eigenvalue weighted by molar-refractivity contribution is -0.283. The first kappa shape index (κ1) is 23.8. The van der Waals surface area contributed by atoms with E-state index in [1.165, 1.54) is 20.8 Å². The topological polar surface area (TPSA) is 195 Å². The van der Waals surface area contributed by atoms with Gasteiger partial charge in [-0.25, -0.2) is 4.79 Å². The van der Waals surface area contributed by atoms with Gasteiger partial charge in [-0.05, 0) is 13.8 Å². The molecule has 7 N–H and O–H groups in total. The molecule has 0 unspecified atom stereocenters. The van der Waals surface area contributed by atoms with Crippen molar-refractivity contribution in [3.63, 3.8) is 0 Å². The second kappa shape index (κ2) is 9.28. The lowest BCUT2D eigenvalue weighted by atomic mass is 9.87. The molecule has 7 atom stereocenters. The van der Waals surface area contributed by atoms with Gasteiger partial charge in [0, 0.05) is 20.3 Å². The Morgan fingerprint density at radius 2 is 1.68 bits per heavy atom. The molecular formula is C16H27N3O9. The second-order valence-electron chi connectivity index (χ2n) is 6.87. The van der Waals surface area contributed by atoms with Crippen LogP contribution in [0.5, 0.6) is 0 Å². The SMILES string of the molecule is CC(=O)N[C@H]1[C@H]([C@H](NC(=O)[C@@H](C)NC(C)=O)[C@@H](C)O)O[C@](O)(C(=O)O)C[C@@H]1O. The number of aliphatic hydroxyl groups is 3. The number of nitrogens with one attached hydrogen (secondary N) is 3. The van der Waals surface area contributed by atoms with Gasteiger partial charge in [-0.2, -0.15) is 0 Å². The fourth-order valence-electron chi connectivity index (χ4n) is 2.96. The van der Waals surface area contributed by atoms with Gasteiger partial charge >= 0.3 is 5.97 Å². The number of rotatable bonds is 7. The fraction of sp³-hybridized carbons (Fsp3) is 0.750. The lowest BCUT2D eigenvalue weighted by Crippen LogP contribution is -2.70. The Morgan fingerprint density at radius 1 is 1.11 bits per heavy atom. The molecule has 12 heteroatoms. The van der Waals surface area contributed by atoms with Crippen LogP contribution in [0.4, 0.5) is 0 Å². The molecule has 28 heavy (non-hydrogen) atoms. The lowest BCUT2D eigenvalue weighted by Gasteiger charge is -2.46. The molecule has 0 spiro atoms. The summed E-state index contributed by atoms with van der Waals surface area (Å²) in [4.78, 5) is 46.3. The molecule has 1 aliphatic rings. The van der Waals surface area contributed by atoms with Crippen molar-refractivity contribution in [2.45, 2.75) is 76.3 Å². The molecule has 0 aromatic rings. The van der Waals surface area contributed by atoms with Crippen LogP contribution >= 0.6 is 0 Å². The molecule has 0 aromatic carbocycles. The molecule has 0 bridgehead atoms. The Morgan fingerprint density at radius 3 is 2.11 bits per heavy atom. The van der Waals surface area contributed by atoms with E-state index in [-0.39, 0.29) is 0 Å². The van der Waals surface area contributed by atoms with Crippen molar-refractivity contribution in [3.8, 4) is 0 Å². The molecule has 12 nitrogen and oxygen atoms in total. The minimum atomic E-state index is -2.79. The number of carbonyl (C=O) groups excluding carboxylic acids is 3. The van der Waals surface area contributed by atoms with E-state index >= 15 is 0 Å². The van der Waals surface area contributed by atoms with Gasteiger partial charge in [0.05, 0.1) is 24.3 Å². The average Bonchev–Trinajstić information content (AvgIpc) is 2.53. The van der Waals surface area contributed by atoms with Gasteiger partial charge in [-0.3, -0.25) is 14.4 Å². The van der Waals surface area contributed by atoms with Gasteiger partial charge in [-0.15, -0.1) is 0 Å². The Labute approximate surface area is 161 Å². The van der Waals surface area contributed by atoms with E-state index < -0.39 is 72.3 Å². The maximum absolute atomic E-state index is 12.3. The largest absolute Gasteiger partial charge is 0.477 e. The highest BCUT2D eigenvalue weighted by atomic mass is 16.7. The molecular weight excluding hydrogens is 378 g/mol. The fourth-order valence-corrected chi connectivity index (χ4v) is 2.96. The molecule has 3 amide bonds. The third-order valence-corrected chi connectivity index (χ3v) is 4.29. The number of aliphatic carboxylic acids is 1. The normalized spacial score (nSPS) is 30.5. The molecule has 1 fully saturated rings. The summed E-state index contributed by atoms with van der Waals surface area (Å²) in [7, 11) is 0. The van der Waals surface area contributed by atoms with Crippen molar-refractivity contribution in [1.29, 1.82) is 0 Å².